The largest absolute Gasteiger partial charge is 0.493 e. The maximum atomic E-state index is 5.78. The Hall–Kier alpha value is -2.64. The number of ether oxygens (including phenoxy) is 1. The van der Waals surface area contributed by atoms with Crippen molar-refractivity contribution < 1.29 is 4.74 Å². The molecular weight excluding hydrogens is 256 g/mol. The summed E-state index contributed by atoms with van der Waals surface area (Å²) < 4.78 is 5.78. The summed E-state index contributed by atoms with van der Waals surface area (Å²) >= 11 is 0. The molecule has 0 atom stereocenters. The Balaban J connectivity index is 1.98. The summed E-state index contributed by atoms with van der Waals surface area (Å²) in [5.41, 5.74) is 4.33. The van der Waals surface area contributed by atoms with E-state index in [0.29, 0.717) is 6.42 Å². The van der Waals surface area contributed by atoms with Crippen LogP contribution < -0.4 is 4.74 Å². The molecule has 3 rings (SSSR count). The van der Waals surface area contributed by atoms with Crippen molar-refractivity contribution in [2.45, 2.75) is 19.3 Å². The summed E-state index contributed by atoms with van der Waals surface area (Å²) in [4.78, 5) is 0. The maximum absolute atomic E-state index is 5.78. The second kappa shape index (κ2) is 6.21. The predicted octanol–water partition coefficient (Wildman–Crippen LogP) is 3.59. The zero-order valence-electron chi connectivity index (χ0n) is 11.9. The Morgan fingerprint density at radius 1 is 1.05 bits per heavy atom. The molecule has 0 spiro atoms. The van der Waals surface area contributed by atoms with Crippen LogP contribution in [0.15, 0.2) is 42.5 Å². The first kappa shape index (κ1) is 13.3. The highest BCUT2D eigenvalue weighted by Gasteiger charge is 2.15. The summed E-state index contributed by atoms with van der Waals surface area (Å²) in [6.07, 6.45) is 8.14. The van der Waals surface area contributed by atoms with Gasteiger partial charge >= 0.3 is 0 Å². The lowest BCUT2D eigenvalue weighted by Crippen LogP contribution is -2.10. The van der Waals surface area contributed by atoms with Gasteiger partial charge in [0.25, 0.3) is 0 Å². The van der Waals surface area contributed by atoms with Crippen LogP contribution in [0.4, 0.5) is 0 Å². The normalized spacial score (nSPS) is 12.3. The molecule has 21 heavy (non-hydrogen) atoms. The first-order valence-electron chi connectivity index (χ1n) is 7.16. The Bertz CT molecular complexity index is 739. The molecule has 0 aromatic heterocycles. The van der Waals surface area contributed by atoms with Gasteiger partial charge in [0.15, 0.2) is 0 Å². The summed E-state index contributed by atoms with van der Waals surface area (Å²) in [5, 5.41) is 0. The van der Waals surface area contributed by atoms with Gasteiger partial charge in [0.05, 0.1) is 6.61 Å². The number of hydrogen-bond donors (Lipinski definition) is 0. The Morgan fingerprint density at radius 2 is 1.86 bits per heavy atom. The van der Waals surface area contributed by atoms with Crippen LogP contribution in [0.25, 0.3) is 0 Å². The first-order valence-corrected chi connectivity index (χ1v) is 7.16. The van der Waals surface area contributed by atoms with Crippen molar-refractivity contribution in [2.75, 3.05) is 6.61 Å². The van der Waals surface area contributed by atoms with E-state index in [1.807, 2.05) is 30.3 Å². The standard InChI is InChI=1S/C20H16O/c1-2-7-18-14-17(12-11-16-8-4-3-5-9-16)15-19-10-6-13-21-20(18)19/h1,3-5,8-9,14-15H,6-7,10,13H2. The molecule has 0 amide bonds. The van der Waals surface area contributed by atoms with E-state index in [9.17, 15) is 0 Å². The quantitative estimate of drug-likeness (QED) is 0.721. The Morgan fingerprint density at radius 3 is 2.67 bits per heavy atom. The van der Waals surface area contributed by atoms with E-state index in [1.165, 1.54) is 5.56 Å². The number of fused-ring (bicyclic) bond motifs is 1. The van der Waals surface area contributed by atoms with Crippen molar-refractivity contribution in [3.05, 3.63) is 64.7 Å². The highest BCUT2D eigenvalue weighted by Crippen LogP contribution is 2.30. The van der Waals surface area contributed by atoms with Gasteiger partial charge < -0.3 is 4.74 Å². The van der Waals surface area contributed by atoms with Gasteiger partial charge in [-0.1, -0.05) is 30.0 Å². The predicted molar refractivity (Wildman–Crippen MR) is 85.2 cm³/mol. The molecule has 0 unspecified atom stereocenters. The van der Waals surface area contributed by atoms with Crippen LogP contribution in [-0.4, -0.2) is 6.61 Å². The monoisotopic (exact) mass is 272 g/mol. The molecule has 2 aromatic rings. The van der Waals surface area contributed by atoms with Gasteiger partial charge in [-0.05, 0) is 42.7 Å². The van der Waals surface area contributed by atoms with Crippen LogP contribution in [0.1, 0.15) is 28.7 Å². The molecule has 0 saturated heterocycles. The third-order valence-electron chi connectivity index (χ3n) is 3.50. The van der Waals surface area contributed by atoms with Crippen molar-refractivity contribution in [1.29, 1.82) is 0 Å². The lowest BCUT2D eigenvalue weighted by atomic mass is 9.97. The minimum absolute atomic E-state index is 0.586. The molecule has 0 bridgehead atoms. The zero-order chi connectivity index (χ0) is 14.5. The molecule has 1 heterocycles. The lowest BCUT2D eigenvalue weighted by Gasteiger charge is -2.20. The minimum Gasteiger partial charge on any atom is -0.493 e. The van der Waals surface area contributed by atoms with Gasteiger partial charge in [-0.3, -0.25) is 0 Å². The van der Waals surface area contributed by atoms with Crippen LogP contribution >= 0.6 is 0 Å². The summed E-state index contributed by atoms with van der Waals surface area (Å²) in [5.74, 6) is 10.1. The van der Waals surface area contributed by atoms with E-state index in [0.717, 1.165) is 41.9 Å². The van der Waals surface area contributed by atoms with Crippen molar-refractivity contribution in [3.63, 3.8) is 0 Å². The van der Waals surface area contributed by atoms with Crippen molar-refractivity contribution in [3.8, 4) is 29.9 Å². The second-order valence-electron chi connectivity index (χ2n) is 5.07. The molecule has 0 fully saturated rings. The molecule has 0 aliphatic carbocycles. The average Bonchev–Trinajstić information content (AvgIpc) is 2.54. The second-order valence-corrected chi connectivity index (χ2v) is 5.07. The van der Waals surface area contributed by atoms with E-state index in [1.54, 1.807) is 0 Å². The maximum Gasteiger partial charge on any atom is 0.126 e. The van der Waals surface area contributed by atoms with E-state index in [4.69, 9.17) is 11.2 Å². The summed E-state index contributed by atoms with van der Waals surface area (Å²) in [7, 11) is 0. The number of rotatable bonds is 1. The molecule has 1 aliphatic rings. The number of terminal acetylenes is 1. The fourth-order valence-electron chi connectivity index (χ4n) is 2.54. The number of benzene rings is 2. The average molecular weight is 272 g/mol. The molecule has 0 N–H and O–H groups in total. The highest BCUT2D eigenvalue weighted by atomic mass is 16.5. The van der Waals surface area contributed by atoms with Crippen molar-refractivity contribution in [1.82, 2.24) is 0 Å². The molecule has 1 heteroatoms. The van der Waals surface area contributed by atoms with Crippen LogP contribution in [0, 0.1) is 24.2 Å². The lowest BCUT2D eigenvalue weighted by molar-refractivity contribution is 0.286. The van der Waals surface area contributed by atoms with Gasteiger partial charge in [0, 0.05) is 23.1 Å². The topological polar surface area (TPSA) is 9.23 Å². The molecule has 0 saturated carbocycles. The molecular formula is C20H16O. The molecule has 1 nitrogen and oxygen atoms in total. The van der Waals surface area contributed by atoms with E-state index in [2.05, 4.69) is 29.9 Å². The van der Waals surface area contributed by atoms with Crippen molar-refractivity contribution in [2.24, 2.45) is 0 Å². The fourth-order valence-corrected chi connectivity index (χ4v) is 2.54. The Labute approximate surface area is 126 Å². The first-order chi connectivity index (χ1) is 10.4. The zero-order valence-corrected chi connectivity index (χ0v) is 11.9. The molecule has 2 aromatic carbocycles. The van der Waals surface area contributed by atoms with Gasteiger partial charge in [0.1, 0.15) is 5.75 Å². The molecule has 102 valence electrons. The van der Waals surface area contributed by atoms with Gasteiger partial charge in [-0.2, -0.15) is 0 Å². The van der Waals surface area contributed by atoms with Gasteiger partial charge in [-0.15, -0.1) is 12.3 Å². The number of hydrogen-bond acceptors (Lipinski definition) is 1. The summed E-state index contributed by atoms with van der Waals surface area (Å²) in [6.45, 7) is 0.777. The van der Waals surface area contributed by atoms with Crippen LogP contribution in [-0.2, 0) is 12.8 Å². The van der Waals surface area contributed by atoms with Gasteiger partial charge in [-0.25, -0.2) is 0 Å². The van der Waals surface area contributed by atoms with Crippen LogP contribution in [0.2, 0.25) is 0 Å². The van der Waals surface area contributed by atoms with E-state index >= 15 is 0 Å². The van der Waals surface area contributed by atoms with Gasteiger partial charge in [0.2, 0.25) is 0 Å². The third-order valence-corrected chi connectivity index (χ3v) is 3.50. The SMILES string of the molecule is C#CCc1cc(C#Cc2ccccc2)cc2c1OCCC2. The third kappa shape index (κ3) is 3.10. The molecule has 1 aliphatic heterocycles. The van der Waals surface area contributed by atoms with E-state index < -0.39 is 0 Å². The number of aryl methyl sites for hydroxylation is 1. The minimum atomic E-state index is 0.586. The highest BCUT2D eigenvalue weighted by molar-refractivity contribution is 5.53. The summed E-state index contributed by atoms with van der Waals surface area (Å²) in [6, 6.07) is 14.2. The van der Waals surface area contributed by atoms with Crippen molar-refractivity contribution >= 4 is 0 Å². The van der Waals surface area contributed by atoms with Crippen LogP contribution in [0.5, 0.6) is 5.75 Å². The van der Waals surface area contributed by atoms with E-state index in [-0.39, 0.29) is 0 Å². The fraction of sp³-hybridized carbons (Fsp3) is 0.200. The van der Waals surface area contributed by atoms with Crippen LogP contribution in [0.3, 0.4) is 0 Å². The Kier molecular flexibility index (Phi) is 3.95. The smallest absolute Gasteiger partial charge is 0.126 e. The molecule has 0 radical (unpaired) electrons.